The van der Waals surface area contributed by atoms with Crippen LogP contribution in [0.3, 0.4) is 0 Å². The van der Waals surface area contributed by atoms with E-state index in [1.807, 2.05) is 12.1 Å². The zero-order chi connectivity index (χ0) is 18.2. The highest BCUT2D eigenvalue weighted by Gasteiger charge is 2.15. The molecule has 0 unspecified atom stereocenters. The summed E-state index contributed by atoms with van der Waals surface area (Å²) in [5.41, 5.74) is -0.237. The minimum Gasteiger partial charge on any atom is -0.467 e. The molecule has 0 fully saturated rings. The van der Waals surface area contributed by atoms with E-state index in [-0.39, 0.29) is 5.56 Å². The Labute approximate surface area is 144 Å². The van der Waals surface area contributed by atoms with Gasteiger partial charge < -0.3 is 20.7 Å². The first kappa shape index (κ1) is 18.2. The predicted molar refractivity (Wildman–Crippen MR) is 93.5 cm³/mol. The molecule has 0 aliphatic heterocycles. The molecule has 0 aliphatic rings. The van der Waals surface area contributed by atoms with E-state index in [0.717, 1.165) is 5.39 Å². The van der Waals surface area contributed by atoms with E-state index in [1.54, 1.807) is 19.1 Å². The molecule has 1 atom stereocenters. The van der Waals surface area contributed by atoms with Crippen LogP contribution < -0.4 is 21.5 Å². The first-order valence-electron chi connectivity index (χ1n) is 7.86. The molecule has 25 heavy (non-hydrogen) atoms. The zero-order valence-electron chi connectivity index (χ0n) is 14.1. The average Bonchev–Trinajstić information content (AvgIpc) is 2.62. The zero-order valence-corrected chi connectivity index (χ0v) is 14.1. The molecule has 0 aliphatic carbocycles. The van der Waals surface area contributed by atoms with E-state index >= 15 is 0 Å². The van der Waals surface area contributed by atoms with Crippen LogP contribution in [0.1, 0.15) is 13.3 Å². The molecule has 1 aromatic heterocycles. The minimum absolute atomic E-state index is 0.237. The predicted octanol–water partition coefficient (Wildman–Crippen LogP) is 0.586. The van der Waals surface area contributed by atoms with E-state index in [4.69, 9.17) is 0 Å². The molecule has 4 N–H and O–H groups in total. The Morgan fingerprint density at radius 2 is 1.96 bits per heavy atom. The monoisotopic (exact) mass is 347 g/mol. The number of aromatic nitrogens is 2. The fraction of sp³-hybridized carbons (Fsp3) is 0.375. The van der Waals surface area contributed by atoms with Gasteiger partial charge in [-0.05, 0) is 19.4 Å². The van der Waals surface area contributed by atoms with Crippen LogP contribution in [0.2, 0.25) is 0 Å². The van der Waals surface area contributed by atoms with Crippen LogP contribution in [0, 0.1) is 0 Å². The van der Waals surface area contributed by atoms with Gasteiger partial charge in [-0.15, -0.1) is 0 Å². The van der Waals surface area contributed by atoms with Crippen LogP contribution in [0.5, 0.6) is 0 Å². The van der Waals surface area contributed by atoms with Crippen molar-refractivity contribution in [3.05, 3.63) is 34.6 Å². The van der Waals surface area contributed by atoms with Gasteiger partial charge in [0.15, 0.2) is 5.82 Å². The molecule has 1 heterocycles. The Hall–Kier alpha value is -3.10. The molecule has 2 aromatic rings. The van der Waals surface area contributed by atoms with Crippen molar-refractivity contribution in [3.8, 4) is 0 Å². The molecule has 0 bridgehead atoms. The van der Waals surface area contributed by atoms with Crippen molar-refractivity contribution in [2.24, 2.45) is 0 Å². The van der Waals surface area contributed by atoms with Crippen molar-refractivity contribution in [1.29, 1.82) is 0 Å². The molecule has 2 amide bonds. The Kier molecular flexibility index (Phi) is 6.33. The molecule has 0 radical (unpaired) electrons. The standard InChI is InChI=1S/C16H21N5O4/c1-10(15(23)25-2)19-16(24)18-9-5-8-17-13-11-6-3-4-7-12(11)14(22)21-20-13/h3-4,6-7,10H,5,8-9H2,1-2H3,(H,17,20)(H,21,22)(H2,18,19,24)/t10-/m1/s1. The average molecular weight is 347 g/mol. The van der Waals surface area contributed by atoms with Gasteiger partial charge in [0.05, 0.1) is 12.5 Å². The third-order valence-electron chi connectivity index (χ3n) is 3.53. The van der Waals surface area contributed by atoms with Crippen LogP contribution in [0.15, 0.2) is 29.1 Å². The number of nitrogens with one attached hydrogen (secondary N) is 4. The highest BCUT2D eigenvalue weighted by atomic mass is 16.5. The number of ether oxygens (including phenoxy) is 1. The number of benzene rings is 1. The van der Waals surface area contributed by atoms with Gasteiger partial charge in [0.25, 0.3) is 5.56 Å². The van der Waals surface area contributed by atoms with Crippen LogP contribution in [0.4, 0.5) is 10.6 Å². The van der Waals surface area contributed by atoms with E-state index in [9.17, 15) is 14.4 Å². The summed E-state index contributed by atoms with van der Waals surface area (Å²) in [7, 11) is 1.26. The second-order valence-electron chi connectivity index (χ2n) is 5.37. The molecule has 0 saturated carbocycles. The third kappa shape index (κ3) is 4.93. The topological polar surface area (TPSA) is 125 Å². The lowest BCUT2D eigenvalue weighted by atomic mass is 10.2. The van der Waals surface area contributed by atoms with Crippen molar-refractivity contribution in [2.45, 2.75) is 19.4 Å². The van der Waals surface area contributed by atoms with Crippen LogP contribution in [0.25, 0.3) is 10.8 Å². The van der Waals surface area contributed by atoms with Gasteiger partial charge >= 0.3 is 12.0 Å². The first-order chi connectivity index (χ1) is 12.0. The van der Waals surface area contributed by atoms with Crippen LogP contribution in [-0.2, 0) is 9.53 Å². The van der Waals surface area contributed by atoms with Crippen molar-refractivity contribution >= 4 is 28.6 Å². The Bertz CT molecular complexity index is 804. The van der Waals surface area contributed by atoms with Crippen LogP contribution in [-0.4, -0.2) is 48.4 Å². The molecule has 2 rings (SSSR count). The van der Waals surface area contributed by atoms with Gasteiger partial charge in [0.1, 0.15) is 6.04 Å². The number of esters is 1. The number of carbonyl (C=O) groups is 2. The van der Waals surface area contributed by atoms with Gasteiger partial charge in [0, 0.05) is 18.5 Å². The first-order valence-corrected chi connectivity index (χ1v) is 7.86. The molecule has 0 saturated heterocycles. The number of rotatable bonds is 7. The molecule has 0 spiro atoms. The molecule has 9 heteroatoms. The maximum Gasteiger partial charge on any atom is 0.328 e. The lowest BCUT2D eigenvalue weighted by molar-refractivity contribution is -0.142. The number of aromatic amines is 1. The summed E-state index contributed by atoms with van der Waals surface area (Å²) in [6.45, 7) is 2.50. The summed E-state index contributed by atoms with van der Waals surface area (Å²) in [6.07, 6.45) is 0.634. The highest BCUT2D eigenvalue weighted by Crippen LogP contribution is 2.16. The lowest BCUT2D eigenvalue weighted by Crippen LogP contribution is -2.45. The van der Waals surface area contributed by atoms with Crippen LogP contribution >= 0.6 is 0 Å². The normalized spacial score (nSPS) is 11.6. The summed E-state index contributed by atoms with van der Waals surface area (Å²) in [5.74, 6) is 0.0757. The molecular weight excluding hydrogens is 326 g/mol. The number of anilines is 1. The molecule has 134 valence electrons. The highest BCUT2D eigenvalue weighted by molar-refractivity contribution is 5.90. The number of hydrogen-bond donors (Lipinski definition) is 4. The Morgan fingerprint density at radius 1 is 1.24 bits per heavy atom. The SMILES string of the molecule is COC(=O)[C@@H](C)NC(=O)NCCCNc1n[nH]c(=O)c2ccccc12. The van der Waals surface area contributed by atoms with E-state index in [2.05, 4.69) is 30.9 Å². The maximum atomic E-state index is 11.7. The number of H-pyrrole nitrogens is 1. The summed E-state index contributed by atoms with van der Waals surface area (Å²) >= 11 is 0. The van der Waals surface area contributed by atoms with Gasteiger partial charge in [-0.25, -0.2) is 14.7 Å². The molecular formula is C16H21N5O4. The number of methoxy groups -OCH3 is 1. The van der Waals surface area contributed by atoms with Crippen molar-refractivity contribution in [2.75, 3.05) is 25.5 Å². The van der Waals surface area contributed by atoms with Crippen molar-refractivity contribution in [1.82, 2.24) is 20.8 Å². The van der Waals surface area contributed by atoms with E-state index in [1.165, 1.54) is 7.11 Å². The molecule has 9 nitrogen and oxygen atoms in total. The fourth-order valence-electron chi connectivity index (χ4n) is 2.23. The van der Waals surface area contributed by atoms with Crippen molar-refractivity contribution in [3.63, 3.8) is 0 Å². The number of carbonyl (C=O) groups excluding carboxylic acids is 2. The smallest absolute Gasteiger partial charge is 0.328 e. The summed E-state index contributed by atoms with van der Waals surface area (Å²) < 4.78 is 4.52. The van der Waals surface area contributed by atoms with Gasteiger partial charge in [-0.1, -0.05) is 18.2 Å². The number of amides is 2. The quantitative estimate of drug-likeness (QED) is 0.429. The number of urea groups is 1. The lowest BCUT2D eigenvalue weighted by Gasteiger charge is -2.12. The van der Waals surface area contributed by atoms with E-state index in [0.29, 0.717) is 30.7 Å². The minimum atomic E-state index is -0.708. The number of hydrogen-bond acceptors (Lipinski definition) is 6. The summed E-state index contributed by atoms with van der Waals surface area (Å²) in [5, 5.41) is 16.0. The second kappa shape index (κ2) is 8.67. The Balaban J connectivity index is 1.77. The number of fused-ring (bicyclic) bond motifs is 1. The van der Waals surface area contributed by atoms with Crippen molar-refractivity contribution < 1.29 is 14.3 Å². The van der Waals surface area contributed by atoms with Gasteiger partial charge in [-0.2, -0.15) is 5.10 Å². The second-order valence-corrected chi connectivity index (χ2v) is 5.37. The van der Waals surface area contributed by atoms with Gasteiger partial charge in [-0.3, -0.25) is 4.79 Å². The largest absolute Gasteiger partial charge is 0.467 e. The Morgan fingerprint density at radius 3 is 2.68 bits per heavy atom. The maximum absolute atomic E-state index is 11.7. The van der Waals surface area contributed by atoms with E-state index < -0.39 is 18.0 Å². The third-order valence-corrected chi connectivity index (χ3v) is 3.53. The summed E-state index contributed by atoms with van der Waals surface area (Å²) in [6, 6.07) is 6.03. The molecule has 1 aromatic carbocycles. The summed E-state index contributed by atoms with van der Waals surface area (Å²) in [4.78, 5) is 34.5. The van der Waals surface area contributed by atoms with Gasteiger partial charge in [0.2, 0.25) is 0 Å². The fourth-order valence-corrected chi connectivity index (χ4v) is 2.23. The number of nitrogens with zero attached hydrogens (tertiary/aromatic N) is 1.